The zero-order valence-electron chi connectivity index (χ0n) is 8.81. The van der Waals surface area contributed by atoms with Gasteiger partial charge in [0.2, 0.25) is 0 Å². The largest absolute Gasteiger partial charge is 0.311 e. The second-order valence-corrected chi connectivity index (χ2v) is 3.28. The summed E-state index contributed by atoms with van der Waals surface area (Å²) in [5.74, 6) is 1.60. The smallest absolute Gasteiger partial charge is 0.160 e. The number of imidazole rings is 1. The number of nitrogens with zero attached hydrogens (tertiary/aromatic N) is 4. The zero-order valence-corrected chi connectivity index (χ0v) is 8.81. The van der Waals surface area contributed by atoms with Crippen LogP contribution in [0.5, 0.6) is 0 Å². The predicted molar refractivity (Wildman–Crippen MR) is 60.4 cm³/mol. The van der Waals surface area contributed by atoms with Crippen molar-refractivity contribution in [2.45, 2.75) is 6.92 Å². The Balaban J connectivity index is 2.60. The van der Waals surface area contributed by atoms with Crippen molar-refractivity contribution in [1.82, 2.24) is 14.5 Å². The summed E-state index contributed by atoms with van der Waals surface area (Å²) in [5, 5.41) is 0. The molecule has 2 rings (SSSR count). The molecule has 0 saturated carbocycles. The maximum Gasteiger partial charge on any atom is 0.160 e. The molecule has 2 aromatic heterocycles. The minimum absolute atomic E-state index is 0.788. The quantitative estimate of drug-likeness (QED) is 0.697. The second kappa shape index (κ2) is 3.65. The van der Waals surface area contributed by atoms with Gasteiger partial charge < -0.3 is 4.57 Å². The van der Waals surface area contributed by atoms with Crippen molar-refractivity contribution in [2.24, 2.45) is 12.0 Å². The van der Waals surface area contributed by atoms with E-state index in [-0.39, 0.29) is 0 Å². The maximum absolute atomic E-state index is 4.42. The maximum atomic E-state index is 4.42. The highest BCUT2D eigenvalue weighted by Crippen LogP contribution is 2.24. The summed E-state index contributed by atoms with van der Waals surface area (Å²) in [4.78, 5) is 12.6. The van der Waals surface area contributed by atoms with Crippen LogP contribution in [-0.4, -0.2) is 21.3 Å². The Hall–Kier alpha value is -1.97. The minimum Gasteiger partial charge on any atom is -0.311 e. The van der Waals surface area contributed by atoms with Crippen LogP contribution in [0, 0.1) is 6.92 Å². The average molecular weight is 200 g/mol. The van der Waals surface area contributed by atoms with E-state index in [9.17, 15) is 0 Å². The summed E-state index contributed by atoms with van der Waals surface area (Å²) in [5.41, 5.74) is 1.71. The fraction of sp³-hybridized carbons (Fsp3) is 0.182. The molecule has 0 saturated heterocycles. The SMILES string of the molecule is C=Nc1c(C)nc(-c2ccccn2)n1C. The molecule has 4 nitrogen and oxygen atoms in total. The van der Waals surface area contributed by atoms with E-state index in [2.05, 4.69) is 21.7 Å². The molecule has 2 aromatic rings. The molecule has 15 heavy (non-hydrogen) atoms. The molecule has 0 amide bonds. The van der Waals surface area contributed by atoms with Crippen LogP contribution in [0.2, 0.25) is 0 Å². The van der Waals surface area contributed by atoms with Crippen LogP contribution in [0.3, 0.4) is 0 Å². The topological polar surface area (TPSA) is 43.1 Å². The number of rotatable bonds is 2. The summed E-state index contributed by atoms with van der Waals surface area (Å²) in [6, 6.07) is 5.74. The highest BCUT2D eigenvalue weighted by atomic mass is 15.1. The van der Waals surface area contributed by atoms with Gasteiger partial charge in [-0.1, -0.05) is 6.07 Å². The number of aromatic nitrogens is 3. The molecule has 76 valence electrons. The molecule has 0 spiro atoms. The van der Waals surface area contributed by atoms with Gasteiger partial charge in [0.05, 0.1) is 5.69 Å². The number of hydrogen-bond donors (Lipinski definition) is 0. The van der Waals surface area contributed by atoms with Crippen molar-refractivity contribution in [3.05, 3.63) is 30.1 Å². The van der Waals surface area contributed by atoms with E-state index in [4.69, 9.17) is 0 Å². The van der Waals surface area contributed by atoms with Crippen LogP contribution in [0.15, 0.2) is 29.4 Å². The number of aliphatic imine (C=N–C) groups is 1. The van der Waals surface area contributed by atoms with Gasteiger partial charge in [-0.05, 0) is 25.8 Å². The third-order valence-corrected chi connectivity index (χ3v) is 2.28. The fourth-order valence-corrected chi connectivity index (χ4v) is 1.57. The zero-order chi connectivity index (χ0) is 10.8. The summed E-state index contributed by atoms with van der Waals surface area (Å²) in [6.07, 6.45) is 1.75. The van der Waals surface area contributed by atoms with E-state index in [0.717, 1.165) is 23.0 Å². The molecule has 0 atom stereocenters. The lowest BCUT2D eigenvalue weighted by atomic mass is 10.3. The first kappa shape index (κ1) is 9.58. The van der Waals surface area contributed by atoms with Gasteiger partial charge in [0.25, 0.3) is 0 Å². The first-order chi connectivity index (χ1) is 7.24. The van der Waals surface area contributed by atoms with Crippen LogP contribution in [0.4, 0.5) is 5.82 Å². The van der Waals surface area contributed by atoms with Gasteiger partial charge in [0, 0.05) is 13.2 Å². The minimum atomic E-state index is 0.788. The van der Waals surface area contributed by atoms with Gasteiger partial charge in [0.1, 0.15) is 5.69 Å². The Morgan fingerprint density at radius 2 is 2.20 bits per heavy atom. The Kier molecular flexibility index (Phi) is 2.33. The number of aryl methyl sites for hydroxylation is 1. The van der Waals surface area contributed by atoms with Gasteiger partial charge in [-0.15, -0.1) is 0 Å². The number of pyridine rings is 1. The normalized spacial score (nSPS) is 10.3. The Labute approximate surface area is 88.3 Å². The lowest BCUT2D eigenvalue weighted by Gasteiger charge is -2.01. The van der Waals surface area contributed by atoms with Crippen LogP contribution < -0.4 is 0 Å². The first-order valence-electron chi connectivity index (χ1n) is 4.65. The summed E-state index contributed by atoms with van der Waals surface area (Å²) in [7, 11) is 1.91. The van der Waals surface area contributed by atoms with E-state index in [0.29, 0.717) is 0 Å². The van der Waals surface area contributed by atoms with Gasteiger partial charge in [-0.25, -0.2) is 9.98 Å². The standard InChI is InChI=1S/C11H12N4/c1-8-10(12-2)15(3)11(14-8)9-6-4-5-7-13-9/h4-7H,2H2,1,3H3. The highest BCUT2D eigenvalue weighted by Gasteiger charge is 2.11. The summed E-state index contributed by atoms with van der Waals surface area (Å²) >= 11 is 0. The Morgan fingerprint density at radius 1 is 1.40 bits per heavy atom. The van der Waals surface area contributed by atoms with E-state index in [1.165, 1.54) is 0 Å². The average Bonchev–Trinajstić information content (AvgIpc) is 2.55. The van der Waals surface area contributed by atoms with Crippen molar-refractivity contribution in [3.63, 3.8) is 0 Å². The Bertz CT molecular complexity index is 485. The monoisotopic (exact) mass is 200 g/mol. The third-order valence-electron chi connectivity index (χ3n) is 2.28. The summed E-state index contributed by atoms with van der Waals surface area (Å²) < 4.78 is 1.89. The molecule has 0 fully saturated rings. The lowest BCUT2D eigenvalue weighted by Crippen LogP contribution is -1.93. The fourth-order valence-electron chi connectivity index (χ4n) is 1.57. The van der Waals surface area contributed by atoms with Crippen molar-refractivity contribution < 1.29 is 0 Å². The molecule has 0 aliphatic carbocycles. The molecule has 0 aromatic carbocycles. The van der Waals surface area contributed by atoms with Crippen LogP contribution in [0.1, 0.15) is 5.69 Å². The summed E-state index contributed by atoms with van der Waals surface area (Å²) in [6.45, 7) is 5.44. The van der Waals surface area contributed by atoms with Crippen molar-refractivity contribution in [2.75, 3.05) is 0 Å². The molecular weight excluding hydrogens is 188 g/mol. The molecule has 0 radical (unpaired) electrons. The molecule has 2 heterocycles. The predicted octanol–water partition coefficient (Wildman–Crippen LogP) is 2.12. The molecular formula is C11H12N4. The molecule has 0 bridgehead atoms. The van der Waals surface area contributed by atoms with Gasteiger partial charge in [-0.2, -0.15) is 0 Å². The molecule has 4 heteroatoms. The second-order valence-electron chi connectivity index (χ2n) is 3.28. The first-order valence-corrected chi connectivity index (χ1v) is 4.65. The van der Waals surface area contributed by atoms with E-state index in [1.807, 2.05) is 36.7 Å². The molecule has 0 aliphatic heterocycles. The number of hydrogen-bond acceptors (Lipinski definition) is 3. The third kappa shape index (κ3) is 1.54. The van der Waals surface area contributed by atoms with E-state index in [1.54, 1.807) is 6.20 Å². The van der Waals surface area contributed by atoms with E-state index >= 15 is 0 Å². The van der Waals surface area contributed by atoms with Crippen LogP contribution >= 0.6 is 0 Å². The van der Waals surface area contributed by atoms with Gasteiger partial charge in [-0.3, -0.25) is 4.98 Å². The molecule has 0 unspecified atom stereocenters. The Morgan fingerprint density at radius 3 is 2.73 bits per heavy atom. The van der Waals surface area contributed by atoms with Crippen molar-refractivity contribution >= 4 is 12.5 Å². The van der Waals surface area contributed by atoms with Gasteiger partial charge in [0.15, 0.2) is 11.6 Å². The van der Waals surface area contributed by atoms with Crippen molar-refractivity contribution in [1.29, 1.82) is 0 Å². The van der Waals surface area contributed by atoms with Crippen molar-refractivity contribution in [3.8, 4) is 11.5 Å². The van der Waals surface area contributed by atoms with Crippen LogP contribution in [-0.2, 0) is 7.05 Å². The van der Waals surface area contributed by atoms with Gasteiger partial charge >= 0.3 is 0 Å². The highest BCUT2D eigenvalue weighted by molar-refractivity contribution is 5.57. The van der Waals surface area contributed by atoms with E-state index < -0.39 is 0 Å². The molecule has 0 aliphatic rings. The van der Waals surface area contributed by atoms with Crippen LogP contribution in [0.25, 0.3) is 11.5 Å². The lowest BCUT2D eigenvalue weighted by molar-refractivity contribution is 0.917. The molecule has 0 N–H and O–H groups in total.